The van der Waals surface area contributed by atoms with Crippen molar-refractivity contribution in [3.05, 3.63) is 46.5 Å². The van der Waals surface area contributed by atoms with Gasteiger partial charge in [0.05, 0.1) is 0 Å². The second-order valence-corrected chi connectivity index (χ2v) is 6.57. The van der Waals surface area contributed by atoms with E-state index < -0.39 is 5.97 Å². The van der Waals surface area contributed by atoms with Gasteiger partial charge in [-0.25, -0.2) is 4.79 Å². The van der Waals surface area contributed by atoms with Gasteiger partial charge in [-0.3, -0.25) is 4.79 Å². The first-order valence-corrected chi connectivity index (χ1v) is 7.78. The lowest BCUT2D eigenvalue weighted by Gasteiger charge is -2.21. The number of carbonyl (C=O) groups is 2. The molecule has 1 rings (SSSR count). The van der Waals surface area contributed by atoms with Crippen LogP contribution in [0.5, 0.6) is 0 Å². The summed E-state index contributed by atoms with van der Waals surface area (Å²) in [5, 5.41) is 8.74. The lowest BCUT2D eigenvalue weighted by atomic mass is 9.83. The highest BCUT2D eigenvalue weighted by molar-refractivity contribution is 6.09. The summed E-state index contributed by atoms with van der Waals surface area (Å²) in [5.74, 6) is -0.551. The summed E-state index contributed by atoms with van der Waals surface area (Å²) in [6, 6.07) is 4.17. The minimum absolute atomic E-state index is 0.202. The standard InChI is InChI=1S/C19H26O3/c1-11(2)14-9-15(12(3)4)19(16(10-14)13(5)6)17(20)7-8-18(21)22/h7-13H,1-6H3,(H,21,22)/b8-7+. The number of ketones is 1. The van der Waals surface area contributed by atoms with Gasteiger partial charge in [0, 0.05) is 11.6 Å². The van der Waals surface area contributed by atoms with Crippen LogP contribution in [-0.4, -0.2) is 16.9 Å². The summed E-state index contributed by atoms with van der Waals surface area (Å²) in [7, 11) is 0. The fourth-order valence-electron chi connectivity index (χ4n) is 2.47. The van der Waals surface area contributed by atoms with Crippen LogP contribution in [0.25, 0.3) is 0 Å². The van der Waals surface area contributed by atoms with E-state index in [1.165, 1.54) is 5.56 Å². The number of carbonyl (C=O) groups excluding carboxylic acids is 1. The number of hydrogen-bond donors (Lipinski definition) is 1. The van der Waals surface area contributed by atoms with Crippen LogP contribution in [0.3, 0.4) is 0 Å². The van der Waals surface area contributed by atoms with Crippen molar-refractivity contribution >= 4 is 11.8 Å². The van der Waals surface area contributed by atoms with Crippen LogP contribution < -0.4 is 0 Å². The highest BCUT2D eigenvalue weighted by Crippen LogP contribution is 2.32. The van der Waals surface area contributed by atoms with Gasteiger partial charge in [-0.1, -0.05) is 53.7 Å². The van der Waals surface area contributed by atoms with Crippen molar-refractivity contribution < 1.29 is 14.7 Å². The van der Waals surface area contributed by atoms with Crippen molar-refractivity contribution in [1.82, 2.24) is 0 Å². The van der Waals surface area contributed by atoms with E-state index in [0.717, 1.165) is 23.3 Å². The molecular weight excluding hydrogens is 276 g/mol. The Balaban J connectivity index is 3.58. The maximum Gasteiger partial charge on any atom is 0.328 e. The van der Waals surface area contributed by atoms with Crippen molar-refractivity contribution in [2.45, 2.75) is 59.3 Å². The van der Waals surface area contributed by atoms with Crippen molar-refractivity contribution in [2.75, 3.05) is 0 Å². The third kappa shape index (κ3) is 4.30. The first kappa shape index (κ1) is 18.1. The Morgan fingerprint density at radius 1 is 0.864 bits per heavy atom. The molecule has 0 aromatic heterocycles. The highest BCUT2D eigenvalue weighted by atomic mass is 16.4. The van der Waals surface area contributed by atoms with E-state index in [1.54, 1.807) is 0 Å². The summed E-state index contributed by atoms with van der Waals surface area (Å²) in [4.78, 5) is 23.2. The topological polar surface area (TPSA) is 54.4 Å². The van der Waals surface area contributed by atoms with E-state index in [9.17, 15) is 9.59 Å². The molecule has 1 aromatic carbocycles. The van der Waals surface area contributed by atoms with Crippen LogP contribution in [0, 0.1) is 0 Å². The van der Waals surface area contributed by atoms with Crippen molar-refractivity contribution in [1.29, 1.82) is 0 Å². The van der Waals surface area contributed by atoms with Crippen LogP contribution in [0.4, 0.5) is 0 Å². The van der Waals surface area contributed by atoms with Gasteiger partial charge in [0.15, 0.2) is 5.78 Å². The average Bonchev–Trinajstić information content (AvgIpc) is 2.42. The summed E-state index contributed by atoms with van der Waals surface area (Å²) < 4.78 is 0. The minimum atomic E-state index is -1.11. The van der Waals surface area contributed by atoms with Crippen LogP contribution in [0.15, 0.2) is 24.3 Å². The molecule has 0 atom stereocenters. The Morgan fingerprint density at radius 3 is 1.64 bits per heavy atom. The molecule has 0 spiro atoms. The lowest BCUT2D eigenvalue weighted by molar-refractivity contribution is -0.131. The molecule has 0 saturated heterocycles. The largest absolute Gasteiger partial charge is 0.478 e. The summed E-state index contributed by atoms with van der Waals surface area (Å²) in [6.07, 6.45) is 2.07. The van der Waals surface area contributed by atoms with Gasteiger partial charge in [-0.05, 0) is 40.5 Å². The van der Waals surface area contributed by atoms with E-state index in [-0.39, 0.29) is 17.6 Å². The number of benzene rings is 1. The molecule has 0 aliphatic rings. The number of aliphatic carboxylic acids is 1. The monoisotopic (exact) mass is 302 g/mol. The van der Waals surface area contributed by atoms with E-state index >= 15 is 0 Å². The van der Waals surface area contributed by atoms with Crippen LogP contribution in [-0.2, 0) is 4.79 Å². The Morgan fingerprint density at radius 2 is 1.32 bits per heavy atom. The number of allylic oxidation sites excluding steroid dienone is 1. The first-order chi connectivity index (χ1) is 10.1. The molecule has 0 bridgehead atoms. The zero-order chi connectivity index (χ0) is 17.0. The third-order valence-electron chi connectivity index (χ3n) is 3.76. The third-order valence-corrected chi connectivity index (χ3v) is 3.76. The van der Waals surface area contributed by atoms with Gasteiger partial charge in [0.2, 0.25) is 0 Å². The molecule has 0 radical (unpaired) electrons. The summed E-state index contributed by atoms with van der Waals surface area (Å²) in [6.45, 7) is 12.5. The second kappa shape index (κ2) is 7.39. The molecular formula is C19H26O3. The zero-order valence-corrected chi connectivity index (χ0v) is 14.3. The van der Waals surface area contributed by atoms with Gasteiger partial charge in [0.1, 0.15) is 0 Å². The first-order valence-electron chi connectivity index (χ1n) is 7.78. The molecule has 3 nitrogen and oxygen atoms in total. The quantitative estimate of drug-likeness (QED) is 0.602. The summed E-state index contributed by atoms with van der Waals surface area (Å²) >= 11 is 0. The van der Waals surface area contributed by atoms with E-state index in [1.807, 2.05) is 0 Å². The Bertz CT molecular complexity index is 564. The SMILES string of the molecule is CC(C)c1cc(C(C)C)c(C(=O)/C=C/C(=O)O)c(C(C)C)c1. The van der Waals surface area contributed by atoms with Gasteiger partial charge >= 0.3 is 5.97 Å². The Hall–Kier alpha value is -1.90. The maximum absolute atomic E-state index is 12.5. The van der Waals surface area contributed by atoms with E-state index in [4.69, 9.17) is 5.11 Å². The van der Waals surface area contributed by atoms with Crippen molar-refractivity contribution in [3.8, 4) is 0 Å². The van der Waals surface area contributed by atoms with Crippen LogP contribution >= 0.6 is 0 Å². The molecule has 3 heteroatoms. The predicted molar refractivity (Wildman–Crippen MR) is 89.8 cm³/mol. The number of carboxylic acids is 1. The van der Waals surface area contributed by atoms with E-state index in [2.05, 4.69) is 53.7 Å². The minimum Gasteiger partial charge on any atom is -0.478 e. The highest BCUT2D eigenvalue weighted by Gasteiger charge is 2.20. The molecule has 0 unspecified atom stereocenters. The molecule has 0 saturated carbocycles. The normalized spacial score (nSPS) is 11.9. The second-order valence-electron chi connectivity index (χ2n) is 6.57. The molecule has 0 amide bonds. The Kier molecular flexibility index (Phi) is 6.10. The predicted octanol–water partition coefficient (Wildman–Crippen LogP) is 4.88. The number of carboxylic acid groups (broad SMARTS) is 1. The van der Waals surface area contributed by atoms with Gasteiger partial charge in [-0.15, -0.1) is 0 Å². The van der Waals surface area contributed by atoms with Gasteiger partial charge in [0.25, 0.3) is 0 Å². The Labute approximate surface area is 133 Å². The van der Waals surface area contributed by atoms with Gasteiger partial charge < -0.3 is 5.11 Å². The molecule has 0 aliphatic carbocycles. The zero-order valence-electron chi connectivity index (χ0n) is 14.3. The molecule has 120 valence electrons. The molecule has 0 fully saturated rings. The molecule has 0 aliphatic heterocycles. The lowest BCUT2D eigenvalue weighted by Crippen LogP contribution is -2.11. The van der Waals surface area contributed by atoms with Gasteiger partial charge in [-0.2, -0.15) is 0 Å². The summed E-state index contributed by atoms with van der Waals surface area (Å²) in [5.41, 5.74) is 3.86. The fraction of sp³-hybridized carbons (Fsp3) is 0.474. The molecule has 0 heterocycles. The average molecular weight is 302 g/mol. The number of hydrogen-bond acceptors (Lipinski definition) is 2. The van der Waals surface area contributed by atoms with Crippen molar-refractivity contribution in [3.63, 3.8) is 0 Å². The van der Waals surface area contributed by atoms with E-state index in [0.29, 0.717) is 11.5 Å². The van der Waals surface area contributed by atoms with Crippen molar-refractivity contribution in [2.24, 2.45) is 0 Å². The van der Waals surface area contributed by atoms with Crippen LogP contribution in [0.1, 0.15) is 86.3 Å². The molecule has 1 N–H and O–H groups in total. The van der Waals surface area contributed by atoms with Crippen LogP contribution in [0.2, 0.25) is 0 Å². The maximum atomic E-state index is 12.5. The smallest absolute Gasteiger partial charge is 0.328 e. The number of rotatable bonds is 6. The fourth-order valence-corrected chi connectivity index (χ4v) is 2.47. The molecule has 1 aromatic rings. The molecule has 22 heavy (non-hydrogen) atoms.